The van der Waals surface area contributed by atoms with Gasteiger partial charge < -0.3 is 5.11 Å². The Morgan fingerprint density at radius 2 is 1.89 bits per heavy atom. The number of aromatic carboxylic acids is 1. The molecule has 19 heavy (non-hydrogen) atoms. The van der Waals surface area contributed by atoms with Crippen LogP contribution in [0.3, 0.4) is 0 Å². The van der Waals surface area contributed by atoms with Crippen molar-refractivity contribution in [3.05, 3.63) is 41.2 Å². The topological polar surface area (TPSA) is 80.9 Å². The second kappa shape index (κ2) is 5.32. The summed E-state index contributed by atoms with van der Waals surface area (Å²) in [5.74, 6) is -0.893. The summed E-state index contributed by atoms with van der Waals surface area (Å²) >= 11 is 17.2. The minimum atomic E-state index is -1.72. The molecular formula is C10H7Cl3N4O2. The summed E-state index contributed by atoms with van der Waals surface area (Å²) < 4.78 is -0.382. The van der Waals surface area contributed by atoms with Crippen molar-refractivity contribution in [2.75, 3.05) is 0 Å². The summed E-state index contributed by atoms with van der Waals surface area (Å²) in [4.78, 5) is 10.7. The van der Waals surface area contributed by atoms with Crippen LogP contribution in [0.2, 0.25) is 0 Å². The third-order valence-electron chi connectivity index (χ3n) is 2.32. The van der Waals surface area contributed by atoms with Gasteiger partial charge in [0.15, 0.2) is 0 Å². The van der Waals surface area contributed by atoms with Crippen LogP contribution >= 0.6 is 34.8 Å². The molecule has 0 bridgehead atoms. The molecule has 0 radical (unpaired) electrons. The van der Waals surface area contributed by atoms with E-state index in [-0.39, 0.29) is 17.9 Å². The van der Waals surface area contributed by atoms with Gasteiger partial charge in [0, 0.05) is 0 Å². The number of carboxylic acids is 1. The van der Waals surface area contributed by atoms with E-state index in [9.17, 15) is 4.79 Å². The van der Waals surface area contributed by atoms with E-state index < -0.39 is 9.76 Å². The number of halogens is 3. The van der Waals surface area contributed by atoms with Crippen molar-refractivity contribution in [2.45, 2.75) is 10.3 Å². The van der Waals surface area contributed by atoms with Gasteiger partial charge in [-0.1, -0.05) is 46.9 Å². The van der Waals surface area contributed by atoms with Crippen molar-refractivity contribution in [1.29, 1.82) is 0 Å². The summed E-state index contributed by atoms with van der Waals surface area (Å²) in [6.45, 7) is 0.274. The maximum Gasteiger partial charge on any atom is 0.335 e. The molecule has 1 N–H and O–H groups in total. The fraction of sp³-hybridized carbons (Fsp3) is 0.200. The van der Waals surface area contributed by atoms with Gasteiger partial charge in [-0.15, -0.1) is 5.10 Å². The number of rotatable bonds is 3. The van der Waals surface area contributed by atoms with E-state index in [1.807, 2.05) is 0 Å². The number of nitrogens with zero attached hydrogens (tertiary/aromatic N) is 4. The fourth-order valence-corrected chi connectivity index (χ4v) is 1.85. The summed E-state index contributed by atoms with van der Waals surface area (Å²) in [5, 5.41) is 19.6. The van der Waals surface area contributed by atoms with Gasteiger partial charge >= 0.3 is 5.97 Å². The molecule has 2 aromatic rings. The van der Waals surface area contributed by atoms with Gasteiger partial charge in [0.1, 0.15) is 0 Å². The molecule has 0 amide bonds. The molecule has 1 aromatic heterocycles. The molecule has 100 valence electrons. The Morgan fingerprint density at radius 3 is 2.42 bits per heavy atom. The minimum Gasteiger partial charge on any atom is -0.478 e. The number of aromatic nitrogens is 4. The predicted octanol–water partition coefficient (Wildman–Crippen LogP) is 2.25. The average Bonchev–Trinajstić information content (AvgIpc) is 2.77. The van der Waals surface area contributed by atoms with Gasteiger partial charge in [0.05, 0.1) is 12.1 Å². The van der Waals surface area contributed by atoms with E-state index in [4.69, 9.17) is 39.9 Å². The Labute approximate surface area is 122 Å². The number of hydrogen-bond donors (Lipinski definition) is 1. The van der Waals surface area contributed by atoms with E-state index in [1.54, 1.807) is 12.1 Å². The second-order valence-corrected chi connectivity index (χ2v) is 5.94. The first kappa shape index (κ1) is 14.0. The number of tetrazole rings is 1. The average molecular weight is 322 g/mol. The molecule has 0 aliphatic heterocycles. The quantitative estimate of drug-likeness (QED) is 0.877. The number of hydrogen-bond acceptors (Lipinski definition) is 4. The highest BCUT2D eigenvalue weighted by Gasteiger charge is 2.30. The zero-order valence-corrected chi connectivity index (χ0v) is 11.6. The number of benzene rings is 1. The molecule has 9 heteroatoms. The van der Waals surface area contributed by atoms with Crippen molar-refractivity contribution in [1.82, 2.24) is 20.2 Å². The molecule has 0 saturated heterocycles. The second-order valence-electron chi connectivity index (χ2n) is 3.66. The summed E-state index contributed by atoms with van der Waals surface area (Å²) in [6.07, 6.45) is 0. The Hall–Kier alpha value is -1.37. The molecule has 0 unspecified atom stereocenters. The lowest BCUT2D eigenvalue weighted by molar-refractivity contribution is 0.0697. The van der Waals surface area contributed by atoms with E-state index in [0.29, 0.717) is 0 Å². The molecule has 0 fully saturated rings. The third-order valence-corrected chi connectivity index (χ3v) is 2.83. The lowest BCUT2D eigenvalue weighted by Gasteiger charge is -2.10. The Kier molecular flexibility index (Phi) is 3.93. The Morgan fingerprint density at radius 1 is 1.26 bits per heavy atom. The van der Waals surface area contributed by atoms with Crippen molar-refractivity contribution >= 4 is 40.8 Å². The van der Waals surface area contributed by atoms with Crippen molar-refractivity contribution in [3.63, 3.8) is 0 Å². The van der Waals surface area contributed by atoms with Crippen LogP contribution < -0.4 is 0 Å². The zero-order valence-electron chi connectivity index (χ0n) is 9.29. The number of alkyl halides is 3. The van der Waals surface area contributed by atoms with Crippen LogP contribution in [-0.2, 0) is 10.3 Å². The molecule has 0 spiro atoms. The Bertz CT molecular complexity index is 592. The number of carbonyl (C=O) groups is 1. The molecule has 0 aliphatic carbocycles. The van der Waals surface area contributed by atoms with Crippen molar-refractivity contribution < 1.29 is 9.90 Å². The lowest BCUT2D eigenvalue weighted by atomic mass is 10.1. The van der Waals surface area contributed by atoms with Gasteiger partial charge in [0.25, 0.3) is 3.79 Å². The monoisotopic (exact) mass is 320 g/mol. The highest BCUT2D eigenvalue weighted by Crippen LogP contribution is 2.36. The van der Waals surface area contributed by atoms with Crippen LogP contribution in [0.25, 0.3) is 0 Å². The highest BCUT2D eigenvalue weighted by atomic mass is 35.6. The molecule has 0 atom stereocenters. The van der Waals surface area contributed by atoms with E-state index >= 15 is 0 Å². The lowest BCUT2D eigenvalue weighted by Crippen LogP contribution is -2.14. The van der Waals surface area contributed by atoms with Gasteiger partial charge in [-0.05, 0) is 28.1 Å². The molecule has 1 aromatic carbocycles. The molecular weight excluding hydrogens is 314 g/mol. The maximum atomic E-state index is 10.7. The first-order valence-corrected chi connectivity index (χ1v) is 6.17. The minimum absolute atomic E-state index is 0.0970. The molecule has 2 rings (SSSR count). The summed E-state index contributed by atoms with van der Waals surface area (Å²) in [6, 6.07) is 6.26. The van der Waals surface area contributed by atoms with Gasteiger partial charge in [-0.25, -0.2) is 9.48 Å². The summed E-state index contributed by atoms with van der Waals surface area (Å²) in [5.41, 5.74) is 0.981. The highest BCUT2D eigenvalue weighted by molar-refractivity contribution is 6.66. The molecule has 0 saturated carbocycles. The van der Waals surface area contributed by atoms with Crippen LogP contribution in [0, 0.1) is 0 Å². The fourth-order valence-electron chi connectivity index (χ4n) is 1.44. The van der Waals surface area contributed by atoms with Crippen LogP contribution in [0.15, 0.2) is 24.3 Å². The largest absolute Gasteiger partial charge is 0.478 e. The zero-order chi connectivity index (χ0) is 14.0. The number of carboxylic acid groups (broad SMARTS) is 1. The Balaban J connectivity index is 2.22. The van der Waals surface area contributed by atoms with Gasteiger partial charge in [-0.2, -0.15) is 0 Å². The van der Waals surface area contributed by atoms with Crippen molar-refractivity contribution in [3.8, 4) is 0 Å². The normalized spacial score (nSPS) is 11.5. The van der Waals surface area contributed by atoms with Gasteiger partial charge in [-0.3, -0.25) is 0 Å². The first-order chi connectivity index (χ1) is 8.88. The molecule has 0 aliphatic rings. The van der Waals surface area contributed by atoms with Gasteiger partial charge in [0.2, 0.25) is 5.82 Å². The molecule has 6 nitrogen and oxygen atoms in total. The standard InChI is InChI=1S/C10H7Cl3N4O2/c11-10(12,13)9-14-15-16-17(9)5-6-1-3-7(4-2-6)8(18)19/h1-4H,5H2,(H,18,19). The SMILES string of the molecule is O=C(O)c1ccc(Cn2nnnc2C(Cl)(Cl)Cl)cc1. The van der Waals surface area contributed by atoms with Crippen LogP contribution in [-0.4, -0.2) is 31.3 Å². The van der Waals surface area contributed by atoms with Crippen molar-refractivity contribution in [2.24, 2.45) is 0 Å². The predicted molar refractivity (Wildman–Crippen MR) is 69.6 cm³/mol. The van der Waals surface area contributed by atoms with E-state index in [2.05, 4.69) is 15.5 Å². The van der Waals surface area contributed by atoms with Crippen LogP contribution in [0.5, 0.6) is 0 Å². The third kappa shape index (κ3) is 3.34. The van der Waals surface area contributed by atoms with Crippen LogP contribution in [0.1, 0.15) is 21.7 Å². The maximum absolute atomic E-state index is 10.7. The smallest absolute Gasteiger partial charge is 0.335 e. The molecule has 1 heterocycles. The van der Waals surface area contributed by atoms with E-state index in [1.165, 1.54) is 16.8 Å². The summed E-state index contributed by atoms with van der Waals surface area (Å²) in [7, 11) is 0. The first-order valence-electron chi connectivity index (χ1n) is 5.03. The van der Waals surface area contributed by atoms with E-state index in [0.717, 1.165) is 5.56 Å². The van der Waals surface area contributed by atoms with Crippen LogP contribution in [0.4, 0.5) is 0 Å².